The Labute approximate surface area is 459 Å². The summed E-state index contributed by atoms with van der Waals surface area (Å²) in [6, 6.07) is 16.3. The molecule has 80 heavy (non-hydrogen) atoms. The van der Waals surface area contributed by atoms with Crippen molar-refractivity contribution in [2.24, 2.45) is 11.8 Å². The van der Waals surface area contributed by atoms with E-state index in [0.717, 1.165) is 38.8 Å². The number of nitrogens with zero attached hydrogens (tertiary/aromatic N) is 7. The summed E-state index contributed by atoms with van der Waals surface area (Å²) in [7, 11) is 0. The molecule has 2 bridgehead atoms. The second-order valence-corrected chi connectivity index (χ2v) is 21.8. The van der Waals surface area contributed by atoms with Gasteiger partial charge in [0.1, 0.15) is 58.8 Å². The highest BCUT2D eigenvalue weighted by molar-refractivity contribution is 6.03. The number of piperazine rings is 1. The molecular formula is C60H61F4N9O7. The summed E-state index contributed by atoms with van der Waals surface area (Å²) in [4.78, 5) is 47.8. The van der Waals surface area contributed by atoms with E-state index in [0.29, 0.717) is 54.0 Å². The summed E-state index contributed by atoms with van der Waals surface area (Å²) in [5.41, 5.74) is 0.752. The second kappa shape index (κ2) is 22.7. The maximum Gasteiger partial charge on any atom is 0.319 e. The van der Waals surface area contributed by atoms with Gasteiger partial charge in [0.15, 0.2) is 11.6 Å². The number of likely N-dealkylation sites (tertiary alicyclic amines) is 2. The number of fused-ring (bicyclic) bond motifs is 4. The number of nitrogens with one attached hydrogen (secondary N) is 2. The number of carbonyl (C=O) groups excluding carboxylic acids is 2. The van der Waals surface area contributed by atoms with Crippen LogP contribution in [0.2, 0.25) is 0 Å². The number of piperidine rings is 1. The Morgan fingerprint density at radius 3 is 2.36 bits per heavy atom. The number of halogens is 4. The Balaban J connectivity index is 0.703. The summed E-state index contributed by atoms with van der Waals surface area (Å²) >= 11 is 0. The van der Waals surface area contributed by atoms with E-state index in [1.54, 1.807) is 37.3 Å². The van der Waals surface area contributed by atoms with Crippen molar-refractivity contribution >= 4 is 39.3 Å². The van der Waals surface area contributed by atoms with Crippen LogP contribution in [0, 0.1) is 47.4 Å². The van der Waals surface area contributed by atoms with Crippen molar-refractivity contribution in [2.75, 3.05) is 57.4 Å². The van der Waals surface area contributed by atoms with Crippen molar-refractivity contribution in [3.63, 3.8) is 0 Å². The molecule has 4 saturated heterocycles. The van der Waals surface area contributed by atoms with Gasteiger partial charge in [0, 0.05) is 67.9 Å². The predicted octanol–water partition coefficient (Wildman–Crippen LogP) is 8.43. The van der Waals surface area contributed by atoms with E-state index in [4.69, 9.17) is 25.4 Å². The Hall–Kier alpha value is -7.86. The van der Waals surface area contributed by atoms with Gasteiger partial charge in [0.25, 0.3) is 5.88 Å². The molecule has 16 nitrogen and oxygen atoms in total. The first-order valence-electron chi connectivity index (χ1n) is 27.2. The molecular weight excluding hydrogens is 1030 g/mol. The number of β-amino-alcohol motifs (C(OH)–C–C–N with tert-alkyl or cyclic N) is 1. The molecule has 3 aromatic heterocycles. The van der Waals surface area contributed by atoms with Crippen LogP contribution in [0.25, 0.3) is 44.1 Å². The lowest BCUT2D eigenvalue weighted by molar-refractivity contribution is -0.141. The fourth-order valence-electron chi connectivity index (χ4n) is 11.9. The van der Waals surface area contributed by atoms with Crippen LogP contribution >= 0.6 is 0 Å². The number of phenolic OH excluding ortho intramolecular Hbond substituents is 1. The molecule has 4 N–H and O–H groups in total. The Bertz CT molecular complexity index is 3480. The average Bonchev–Trinajstić information content (AvgIpc) is 4.15. The van der Waals surface area contributed by atoms with Crippen LogP contribution in [0.15, 0.2) is 83.5 Å². The number of carbonyl (C=O) groups is 2. The van der Waals surface area contributed by atoms with Crippen molar-refractivity contribution < 1.29 is 51.4 Å². The number of ether oxygens (including phenoxy) is 2. The van der Waals surface area contributed by atoms with E-state index >= 15 is 8.78 Å². The maximum absolute atomic E-state index is 17.1. The minimum absolute atomic E-state index is 0.000513. The van der Waals surface area contributed by atoms with Crippen LogP contribution in [0.1, 0.15) is 81.7 Å². The van der Waals surface area contributed by atoms with Gasteiger partial charge in [-0.25, -0.2) is 17.6 Å². The first-order valence-corrected chi connectivity index (χ1v) is 27.2. The van der Waals surface area contributed by atoms with Crippen LogP contribution in [0.3, 0.4) is 0 Å². The summed E-state index contributed by atoms with van der Waals surface area (Å²) in [5, 5.41) is 33.2. The largest absolute Gasteiger partial charge is 0.508 e. The van der Waals surface area contributed by atoms with E-state index in [1.807, 2.05) is 13.8 Å². The quantitative estimate of drug-likeness (QED) is 0.0533. The highest BCUT2D eigenvalue weighted by Gasteiger charge is 2.44. The first kappa shape index (κ1) is 54.1. The van der Waals surface area contributed by atoms with Crippen molar-refractivity contribution in [1.82, 2.24) is 40.5 Å². The van der Waals surface area contributed by atoms with Gasteiger partial charge in [-0.2, -0.15) is 9.97 Å². The molecule has 20 heteroatoms. The molecule has 0 saturated carbocycles. The minimum atomic E-state index is -0.962. The summed E-state index contributed by atoms with van der Waals surface area (Å²) in [6.07, 6.45) is 10.0. The van der Waals surface area contributed by atoms with Gasteiger partial charge in [-0.05, 0) is 110 Å². The summed E-state index contributed by atoms with van der Waals surface area (Å²) < 4.78 is 79.1. The molecule has 416 valence electrons. The number of anilines is 1. The van der Waals surface area contributed by atoms with Crippen LogP contribution < -0.4 is 25.0 Å². The van der Waals surface area contributed by atoms with Gasteiger partial charge in [-0.3, -0.25) is 19.5 Å². The number of pyridine rings is 1. The number of terminal acetylenes is 1. The average molecular weight is 1100 g/mol. The summed E-state index contributed by atoms with van der Waals surface area (Å²) in [6.45, 7) is 9.38. The van der Waals surface area contributed by atoms with Gasteiger partial charge in [-0.1, -0.05) is 56.2 Å². The third-order valence-corrected chi connectivity index (χ3v) is 16.1. The molecule has 4 aliphatic heterocycles. The number of hydrogen-bond acceptors (Lipinski definition) is 14. The number of aromatic nitrogens is 4. The number of aliphatic hydroxyl groups excluding tert-OH is 1. The normalized spacial score (nSPS) is 20.4. The topological polar surface area (TPSA) is 192 Å². The lowest BCUT2D eigenvalue weighted by Gasteiger charge is -2.34. The molecule has 0 aliphatic carbocycles. The Kier molecular flexibility index (Phi) is 15.4. The lowest BCUT2D eigenvalue weighted by Crippen LogP contribution is -2.51. The van der Waals surface area contributed by atoms with Crippen LogP contribution in [0.5, 0.6) is 17.6 Å². The van der Waals surface area contributed by atoms with E-state index < -0.39 is 59.2 Å². The number of phenols is 1. The van der Waals surface area contributed by atoms with E-state index in [-0.39, 0.29) is 100 Å². The number of amides is 2. The Morgan fingerprint density at radius 1 is 0.912 bits per heavy atom. The molecule has 6 atom stereocenters. The van der Waals surface area contributed by atoms with Crippen molar-refractivity contribution in [3.05, 3.63) is 119 Å². The van der Waals surface area contributed by atoms with Gasteiger partial charge < -0.3 is 44.6 Å². The van der Waals surface area contributed by atoms with Gasteiger partial charge >= 0.3 is 6.01 Å². The highest BCUT2D eigenvalue weighted by atomic mass is 19.1. The standard InChI is InChI=1S/C60H61F4N9O7/c1-5-42-45(61)16-13-37-23-40(74)24-43(52(37)42)55-54(64)56-44(27-65-55)57(72-28-38-14-15-39(29-72)67-38)69-60(68-56)78-22-21-71-19-17-34(18-20-71)31-79-50-26-49(80-70-50)51(32(2)3)59(77)73-30-41(75)25-48(73)58(76)66-33(4)35-9-11-36(12-10-35)53-46(62)7-6-8-47(53)63/h1,6-13,16,23-24,26-27,32-34,38-39,41,48,51,67,74-75H,14-15,17-22,25,28-31H2,2-4H3,(H,66,76)/t33-,38?,39?,41+,48-,51+/m0/s1. The van der Waals surface area contributed by atoms with E-state index in [9.17, 15) is 28.6 Å². The molecule has 0 radical (unpaired) electrons. The zero-order chi connectivity index (χ0) is 55.9. The van der Waals surface area contributed by atoms with Crippen LogP contribution in [0.4, 0.5) is 23.4 Å². The van der Waals surface area contributed by atoms with Crippen LogP contribution in [-0.2, 0) is 9.59 Å². The zero-order valence-electron chi connectivity index (χ0n) is 44.5. The molecule has 4 aliphatic rings. The smallest absolute Gasteiger partial charge is 0.319 e. The number of rotatable bonds is 16. The molecule has 11 rings (SSSR count). The minimum Gasteiger partial charge on any atom is -0.508 e. The van der Waals surface area contributed by atoms with Crippen molar-refractivity contribution in [2.45, 2.75) is 89.1 Å². The van der Waals surface area contributed by atoms with Crippen molar-refractivity contribution in [1.29, 1.82) is 0 Å². The van der Waals surface area contributed by atoms with Gasteiger partial charge in [0.2, 0.25) is 11.8 Å². The molecule has 7 aromatic rings. The number of aliphatic hydroxyl groups is 1. The van der Waals surface area contributed by atoms with Crippen LogP contribution in [-0.4, -0.2) is 129 Å². The number of aromatic hydroxyl groups is 1. The molecule has 2 amide bonds. The molecule has 7 heterocycles. The third kappa shape index (κ3) is 10.9. The maximum atomic E-state index is 17.1. The molecule has 2 unspecified atom stereocenters. The second-order valence-electron chi connectivity index (χ2n) is 21.8. The molecule has 4 aromatic carbocycles. The highest BCUT2D eigenvalue weighted by Crippen LogP contribution is 2.40. The third-order valence-electron chi connectivity index (χ3n) is 16.1. The molecule has 4 fully saturated rings. The van der Waals surface area contributed by atoms with Gasteiger partial charge in [-0.15, -0.1) is 6.42 Å². The lowest BCUT2D eigenvalue weighted by atomic mass is 9.91. The zero-order valence-corrected chi connectivity index (χ0v) is 44.5. The van der Waals surface area contributed by atoms with E-state index in [2.05, 4.69) is 41.5 Å². The fraction of sp³-hybridized carbons (Fsp3) is 0.400. The first-order chi connectivity index (χ1) is 38.6. The number of hydrogen-bond donors (Lipinski definition) is 4. The monoisotopic (exact) mass is 1100 g/mol. The number of benzene rings is 4. The molecule has 0 spiro atoms. The van der Waals surface area contributed by atoms with Gasteiger partial charge in [0.05, 0.1) is 35.3 Å². The Morgan fingerprint density at radius 2 is 1.65 bits per heavy atom. The fourth-order valence-corrected chi connectivity index (χ4v) is 11.9. The predicted molar refractivity (Wildman–Crippen MR) is 291 cm³/mol. The SMILES string of the molecule is C#Cc1c(F)ccc2cc(O)cc(-c3ncc4c(N5CC6CCC(C5)N6)nc(OCCN5CCC(COc6cc([C@H](C(=O)N7C[C@H](O)C[C@H]7C(=O)N[C@@H](C)c7ccc(-c8c(F)cccc8F)cc7)C(C)C)on6)CC5)nc4c3F)c12. The van der Waals surface area contributed by atoms with E-state index in [1.165, 1.54) is 53.6 Å². The summed E-state index contributed by atoms with van der Waals surface area (Å²) in [5.74, 6) is -1.35. The van der Waals surface area contributed by atoms with Crippen molar-refractivity contribution in [3.8, 4) is 52.4 Å².